The second kappa shape index (κ2) is 6.45. The maximum absolute atomic E-state index is 13.8. The molecule has 2 aromatic carbocycles. The van der Waals surface area contributed by atoms with Crippen LogP contribution >= 0.6 is 23.4 Å². The average Bonchev–Trinajstić information content (AvgIpc) is 2.88. The van der Waals surface area contributed by atoms with Crippen LogP contribution in [0.2, 0.25) is 5.02 Å². The van der Waals surface area contributed by atoms with E-state index >= 15 is 0 Å². The minimum Gasteiger partial charge on any atom is -0.321 e. The lowest BCUT2D eigenvalue weighted by molar-refractivity contribution is -0.128. The van der Waals surface area contributed by atoms with Gasteiger partial charge < -0.3 is 4.90 Å². The molecule has 0 N–H and O–H groups in total. The molecule has 1 atom stereocenters. The van der Waals surface area contributed by atoms with Gasteiger partial charge in [0.05, 0.1) is 17.3 Å². The Morgan fingerprint density at radius 2 is 1.96 bits per heavy atom. The predicted octanol–water partition coefficient (Wildman–Crippen LogP) is 4.53. The molecule has 1 aliphatic heterocycles. The number of nitrogens with zero attached hydrogens (tertiary/aromatic N) is 1. The van der Waals surface area contributed by atoms with E-state index in [0.717, 1.165) is 6.07 Å². The minimum absolute atomic E-state index is 0.0423. The molecule has 0 aromatic heterocycles. The first kappa shape index (κ1) is 16.2. The van der Waals surface area contributed by atoms with Gasteiger partial charge in [-0.3, -0.25) is 4.79 Å². The van der Waals surface area contributed by atoms with Crippen LogP contribution in [-0.4, -0.2) is 16.6 Å². The first-order chi connectivity index (χ1) is 11.0. The Bertz CT molecular complexity index is 771. The van der Waals surface area contributed by atoms with E-state index in [4.69, 9.17) is 11.6 Å². The average molecular weight is 358 g/mol. The first-order valence-electron chi connectivity index (χ1n) is 6.76. The number of thioether (sulfide) groups is 1. The van der Waals surface area contributed by atoms with Crippen molar-refractivity contribution in [2.45, 2.75) is 11.9 Å². The van der Waals surface area contributed by atoms with Crippen molar-refractivity contribution in [1.29, 1.82) is 0 Å². The van der Waals surface area contributed by atoms with Gasteiger partial charge in [-0.25, -0.2) is 13.2 Å². The molecule has 7 heteroatoms. The molecule has 0 aliphatic carbocycles. The molecule has 0 saturated carbocycles. The summed E-state index contributed by atoms with van der Waals surface area (Å²) in [5, 5.41) is -0.456. The van der Waals surface area contributed by atoms with Crippen LogP contribution in [0.25, 0.3) is 0 Å². The SMILES string of the molecule is O=C1CSC(c2ccc(F)c(Cl)c2)N1Cc1cccc(F)c1F. The smallest absolute Gasteiger partial charge is 0.234 e. The Balaban J connectivity index is 1.91. The van der Waals surface area contributed by atoms with E-state index in [9.17, 15) is 18.0 Å². The number of benzene rings is 2. The summed E-state index contributed by atoms with van der Waals surface area (Å²) in [7, 11) is 0. The summed E-state index contributed by atoms with van der Waals surface area (Å²) in [5.74, 6) is -2.44. The maximum atomic E-state index is 13.8. The Morgan fingerprint density at radius 3 is 2.70 bits per heavy atom. The zero-order valence-electron chi connectivity index (χ0n) is 11.7. The second-order valence-electron chi connectivity index (χ2n) is 5.07. The van der Waals surface area contributed by atoms with Gasteiger partial charge in [0.25, 0.3) is 0 Å². The van der Waals surface area contributed by atoms with Crippen LogP contribution in [0.5, 0.6) is 0 Å². The van der Waals surface area contributed by atoms with E-state index in [1.165, 1.54) is 47.0 Å². The van der Waals surface area contributed by atoms with Gasteiger partial charge in [0.15, 0.2) is 11.6 Å². The van der Waals surface area contributed by atoms with Crippen molar-refractivity contribution < 1.29 is 18.0 Å². The van der Waals surface area contributed by atoms with Crippen LogP contribution < -0.4 is 0 Å². The first-order valence-corrected chi connectivity index (χ1v) is 8.19. The fourth-order valence-corrected chi connectivity index (χ4v) is 3.79. The lowest BCUT2D eigenvalue weighted by Gasteiger charge is -2.24. The van der Waals surface area contributed by atoms with Crippen molar-refractivity contribution in [3.05, 3.63) is 70.0 Å². The molecule has 23 heavy (non-hydrogen) atoms. The highest BCUT2D eigenvalue weighted by Gasteiger charge is 2.33. The fourth-order valence-electron chi connectivity index (χ4n) is 2.42. The van der Waals surface area contributed by atoms with Crippen molar-refractivity contribution >= 4 is 29.3 Å². The maximum Gasteiger partial charge on any atom is 0.234 e. The Kier molecular flexibility index (Phi) is 4.55. The number of hydrogen-bond donors (Lipinski definition) is 0. The molecule has 1 fully saturated rings. The van der Waals surface area contributed by atoms with Crippen molar-refractivity contribution in [1.82, 2.24) is 4.90 Å². The van der Waals surface area contributed by atoms with Gasteiger partial charge in [0.1, 0.15) is 11.2 Å². The van der Waals surface area contributed by atoms with E-state index in [1.807, 2.05) is 0 Å². The molecule has 1 unspecified atom stereocenters. The van der Waals surface area contributed by atoms with Gasteiger partial charge in [-0.05, 0) is 23.8 Å². The number of rotatable bonds is 3. The van der Waals surface area contributed by atoms with Crippen LogP contribution in [0.4, 0.5) is 13.2 Å². The molecule has 120 valence electrons. The molecule has 1 aliphatic rings. The third-order valence-electron chi connectivity index (χ3n) is 3.57. The summed E-state index contributed by atoms with van der Waals surface area (Å²) in [6, 6.07) is 8.06. The molecule has 2 nitrogen and oxygen atoms in total. The van der Waals surface area contributed by atoms with E-state index in [2.05, 4.69) is 0 Å². The van der Waals surface area contributed by atoms with E-state index in [0.29, 0.717) is 5.56 Å². The highest BCUT2D eigenvalue weighted by Crippen LogP contribution is 2.40. The fraction of sp³-hybridized carbons (Fsp3) is 0.188. The Labute approximate surface area is 140 Å². The Morgan fingerprint density at radius 1 is 1.17 bits per heavy atom. The van der Waals surface area contributed by atoms with Crippen molar-refractivity contribution in [2.24, 2.45) is 0 Å². The summed E-state index contributed by atoms with van der Waals surface area (Å²) < 4.78 is 40.5. The van der Waals surface area contributed by atoms with E-state index in [-0.39, 0.29) is 28.8 Å². The standard InChI is InChI=1S/C16H11ClF3NOS/c17-11-6-9(4-5-12(11)18)16-21(14(22)8-23-16)7-10-2-1-3-13(19)15(10)20/h1-6,16H,7-8H2. The number of carbonyl (C=O) groups is 1. The quantitative estimate of drug-likeness (QED) is 0.804. The summed E-state index contributed by atoms with van der Waals surface area (Å²) >= 11 is 7.12. The lowest BCUT2D eigenvalue weighted by atomic mass is 10.1. The van der Waals surface area contributed by atoms with Gasteiger partial charge in [-0.1, -0.05) is 29.8 Å². The summed E-state index contributed by atoms with van der Waals surface area (Å²) in [4.78, 5) is 13.5. The Hall–Kier alpha value is -1.66. The zero-order chi connectivity index (χ0) is 16.6. The van der Waals surface area contributed by atoms with Crippen LogP contribution in [0, 0.1) is 17.5 Å². The number of carbonyl (C=O) groups excluding carboxylic acids is 1. The largest absolute Gasteiger partial charge is 0.321 e. The van der Waals surface area contributed by atoms with Gasteiger partial charge in [0.2, 0.25) is 5.91 Å². The van der Waals surface area contributed by atoms with Crippen LogP contribution in [0.15, 0.2) is 36.4 Å². The summed E-state index contributed by atoms with van der Waals surface area (Å²) in [5.41, 5.74) is 0.739. The lowest BCUT2D eigenvalue weighted by Crippen LogP contribution is -2.28. The molecular weight excluding hydrogens is 347 g/mol. The molecule has 0 radical (unpaired) electrons. The van der Waals surface area contributed by atoms with Gasteiger partial charge in [-0.2, -0.15) is 0 Å². The second-order valence-corrected chi connectivity index (χ2v) is 6.55. The molecule has 1 heterocycles. The minimum atomic E-state index is -0.965. The van der Waals surface area contributed by atoms with Crippen LogP contribution in [0.1, 0.15) is 16.5 Å². The van der Waals surface area contributed by atoms with Crippen LogP contribution in [-0.2, 0) is 11.3 Å². The number of hydrogen-bond acceptors (Lipinski definition) is 2. The molecule has 2 aromatic rings. The summed E-state index contributed by atoms with van der Waals surface area (Å²) in [6.07, 6.45) is 0. The van der Waals surface area contributed by atoms with Crippen molar-refractivity contribution in [2.75, 3.05) is 5.75 Å². The van der Waals surface area contributed by atoms with Crippen LogP contribution in [0.3, 0.4) is 0 Å². The highest BCUT2D eigenvalue weighted by molar-refractivity contribution is 8.00. The van der Waals surface area contributed by atoms with Crippen molar-refractivity contribution in [3.8, 4) is 0 Å². The van der Waals surface area contributed by atoms with Gasteiger partial charge in [0, 0.05) is 5.56 Å². The third kappa shape index (κ3) is 3.19. The topological polar surface area (TPSA) is 20.3 Å². The normalized spacial score (nSPS) is 17.8. The number of halogens is 4. The van der Waals surface area contributed by atoms with Crippen molar-refractivity contribution in [3.63, 3.8) is 0 Å². The molecule has 1 saturated heterocycles. The zero-order valence-corrected chi connectivity index (χ0v) is 13.3. The number of amides is 1. The monoisotopic (exact) mass is 357 g/mol. The van der Waals surface area contributed by atoms with E-state index < -0.39 is 22.8 Å². The molecule has 1 amide bonds. The molecular formula is C16H11ClF3NOS. The molecule has 0 bridgehead atoms. The molecule has 3 rings (SSSR count). The van der Waals surface area contributed by atoms with Gasteiger partial charge in [-0.15, -0.1) is 11.8 Å². The predicted molar refractivity (Wildman–Crippen MR) is 83.5 cm³/mol. The van der Waals surface area contributed by atoms with Gasteiger partial charge >= 0.3 is 0 Å². The third-order valence-corrected chi connectivity index (χ3v) is 5.11. The highest BCUT2D eigenvalue weighted by atomic mass is 35.5. The van der Waals surface area contributed by atoms with E-state index in [1.54, 1.807) is 0 Å². The molecule has 0 spiro atoms. The summed E-state index contributed by atoms with van der Waals surface area (Å²) in [6.45, 7) is -0.0604.